The average Bonchev–Trinajstić information content (AvgIpc) is 3.67. The lowest BCUT2D eigenvalue weighted by Crippen LogP contribution is -2.65. The Morgan fingerprint density at radius 2 is 0.729 bits per heavy atom. The maximum atomic E-state index is 13.3. The van der Waals surface area contributed by atoms with E-state index in [9.17, 15) is 45.6 Å². The highest BCUT2D eigenvalue weighted by Gasteiger charge is 2.51. The summed E-state index contributed by atoms with van der Waals surface area (Å²) in [7, 11) is 0. The summed E-state index contributed by atoms with van der Waals surface area (Å²) < 4.78 is 22.9. The minimum absolute atomic E-state index is 0.230. The molecule has 0 spiro atoms. The summed E-state index contributed by atoms with van der Waals surface area (Å²) in [5.41, 5.74) is 0. The van der Waals surface area contributed by atoms with Crippen LogP contribution in [0.15, 0.2) is 12.2 Å². The summed E-state index contributed by atoms with van der Waals surface area (Å²) in [5, 5.41) is 87.5. The van der Waals surface area contributed by atoms with Crippen molar-refractivity contribution in [3.8, 4) is 0 Å². The SMILES string of the molecule is CCCCCCCCCCCCCCCCCCCCCCCCCCCCC/C=C/C(O)C(COC1OC(CO)C(OC2OC(CO)C(O)C(O)C2O)C(O)C1O)NC(=O)CCCCCCCCCCCCCCCCCCCCCCCC. The molecular formula is C71H137NO13. The Balaban J connectivity index is 1.66. The van der Waals surface area contributed by atoms with Crippen LogP contribution >= 0.6 is 0 Å². The predicted molar refractivity (Wildman–Crippen MR) is 346 cm³/mol. The fraction of sp³-hybridized carbons (Fsp3) is 0.958. The third-order valence-corrected chi connectivity index (χ3v) is 18.2. The Hall–Kier alpha value is -1.27. The Kier molecular flexibility index (Phi) is 53.2. The van der Waals surface area contributed by atoms with Gasteiger partial charge in [0.25, 0.3) is 0 Å². The number of hydrogen-bond acceptors (Lipinski definition) is 13. The van der Waals surface area contributed by atoms with Gasteiger partial charge in [-0.25, -0.2) is 0 Å². The molecule has 2 saturated heterocycles. The van der Waals surface area contributed by atoms with Gasteiger partial charge in [0.1, 0.15) is 48.8 Å². The number of hydrogen-bond donors (Lipinski definition) is 9. The van der Waals surface area contributed by atoms with Crippen molar-refractivity contribution in [3.05, 3.63) is 12.2 Å². The monoisotopic (exact) mass is 1210 g/mol. The molecule has 0 bridgehead atoms. The van der Waals surface area contributed by atoms with Gasteiger partial charge in [0, 0.05) is 6.42 Å². The third-order valence-electron chi connectivity index (χ3n) is 18.2. The van der Waals surface area contributed by atoms with Crippen molar-refractivity contribution in [1.82, 2.24) is 5.32 Å². The molecule has 2 aliphatic heterocycles. The quantitative estimate of drug-likeness (QED) is 0.0204. The maximum Gasteiger partial charge on any atom is 0.220 e. The van der Waals surface area contributed by atoms with Gasteiger partial charge in [0.05, 0.1) is 32.0 Å². The van der Waals surface area contributed by atoms with Crippen LogP contribution in [0.25, 0.3) is 0 Å². The number of amides is 1. The first-order valence-corrected chi connectivity index (χ1v) is 36.4. The van der Waals surface area contributed by atoms with Gasteiger partial charge in [0.15, 0.2) is 12.6 Å². The van der Waals surface area contributed by atoms with Crippen molar-refractivity contribution in [2.24, 2.45) is 0 Å². The molecule has 0 aromatic rings. The van der Waals surface area contributed by atoms with E-state index in [1.54, 1.807) is 6.08 Å². The van der Waals surface area contributed by atoms with E-state index in [-0.39, 0.29) is 18.9 Å². The van der Waals surface area contributed by atoms with Crippen LogP contribution in [0.2, 0.25) is 0 Å². The number of ether oxygens (including phenoxy) is 4. The molecule has 9 N–H and O–H groups in total. The zero-order chi connectivity index (χ0) is 61.6. The van der Waals surface area contributed by atoms with Gasteiger partial charge in [-0.05, 0) is 19.3 Å². The highest BCUT2D eigenvalue weighted by molar-refractivity contribution is 5.76. The molecule has 85 heavy (non-hydrogen) atoms. The second-order valence-corrected chi connectivity index (χ2v) is 26.1. The zero-order valence-electron chi connectivity index (χ0n) is 54.9. The van der Waals surface area contributed by atoms with Gasteiger partial charge < -0.3 is 65.1 Å². The van der Waals surface area contributed by atoms with Crippen molar-refractivity contribution in [1.29, 1.82) is 0 Å². The maximum absolute atomic E-state index is 13.3. The topological polar surface area (TPSA) is 228 Å². The Morgan fingerprint density at radius 1 is 0.412 bits per heavy atom. The summed E-state index contributed by atoms with van der Waals surface area (Å²) in [5.74, 6) is -0.230. The fourth-order valence-electron chi connectivity index (χ4n) is 12.4. The van der Waals surface area contributed by atoms with E-state index >= 15 is 0 Å². The molecule has 2 heterocycles. The number of rotatable bonds is 61. The highest BCUT2D eigenvalue weighted by atomic mass is 16.7. The van der Waals surface area contributed by atoms with Crippen molar-refractivity contribution in [3.63, 3.8) is 0 Å². The normalized spacial score (nSPS) is 23.5. The predicted octanol–water partition coefficient (Wildman–Crippen LogP) is 15.0. The lowest BCUT2D eigenvalue weighted by Gasteiger charge is -2.46. The molecule has 2 aliphatic rings. The molecule has 14 heteroatoms. The van der Waals surface area contributed by atoms with Crippen molar-refractivity contribution in [2.75, 3.05) is 19.8 Å². The lowest BCUT2D eigenvalue weighted by molar-refractivity contribution is -0.359. The van der Waals surface area contributed by atoms with E-state index in [1.165, 1.54) is 276 Å². The zero-order valence-corrected chi connectivity index (χ0v) is 54.9. The Labute approximate surface area is 520 Å². The number of aliphatic hydroxyl groups is 8. The van der Waals surface area contributed by atoms with Crippen LogP contribution in [0, 0.1) is 0 Å². The minimum atomic E-state index is -1.79. The smallest absolute Gasteiger partial charge is 0.220 e. The van der Waals surface area contributed by atoms with Gasteiger partial charge in [-0.2, -0.15) is 0 Å². The molecule has 504 valence electrons. The van der Waals surface area contributed by atoms with Gasteiger partial charge in [-0.15, -0.1) is 0 Å². The number of nitrogens with one attached hydrogen (secondary N) is 1. The molecule has 0 radical (unpaired) electrons. The molecule has 1 amide bonds. The number of aliphatic hydroxyl groups excluding tert-OH is 8. The Bertz CT molecular complexity index is 1470. The minimum Gasteiger partial charge on any atom is -0.394 e. The van der Waals surface area contributed by atoms with Crippen LogP contribution in [-0.4, -0.2) is 140 Å². The van der Waals surface area contributed by atoms with Crippen LogP contribution in [0.1, 0.15) is 341 Å². The summed E-state index contributed by atoms with van der Waals surface area (Å²) in [4.78, 5) is 13.3. The van der Waals surface area contributed by atoms with E-state index in [4.69, 9.17) is 18.9 Å². The van der Waals surface area contributed by atoms with Crippen molar-refractivity contribution < 1.29 is 64.6 Å². The first kappa shape index (κ1) is 79.8. The largest absolute Gasteiger partial charge is 0.394 e. The Morgan fingerprint density at radius 3 is 1.08 bits per heavy atom. The summed E-state index contributed by atoms with van der Waals surface area (Å²) in [6.45, 7) is 2.87. The summed E-state index contributed by atoms with van der Waals surface area (Å²) in [6, 6.07) is -0.911. The van der Waals surface area contributed by atoms with Crippen molar-refractivity contribution in [2.45, 2.75) is 415 Å². The molecule has 0 aromatic heterocycles. The van der Waals surface area contributed by atoms with E-state index in [0.29, 0.717) is 6.42 Å². The first-order chi connectivity index (χ1) is 41.6. The second-order valence-electron chi connectivity index (χ2n) is 26.1. The van der Waals surface area contributed by atoms with Gasteiger partial charge in [0.2, 0.25) is 5.91 Å². The van der Waals surface area contributed by atoms with Crippen LogP contribution < -0.4 is 5.32 Å². The van der Waals surface area contributed by atoms with Gasteiger partial charge in [-0.1, -0.05) is 328 Å². The fourth-order valence-corrected chi connectivity index (χ4v) is 12.4. The second kappa shape index (κ2) is 56.7. The lowest BCUT2D eigenvalue weighted by atomic mass is 9.97. The van der Waals surface area contributed by atoms with Crippen LogP contribution in [-0.2, 0) is 23.7 Å². The first-order valence-electron chi connectivity index (χ1n) is 36.4. The molecule has 12 unspecified atom stereocenters. The number of carbonyl (C=O) groups excluding carboxylic acids is 1. The molecule has 0 saturated carbocycles. The molecule has 2 rings (SSSR count). The summed E-state index contributed by atoms with van der Waals surface area (Å²) >= 11 is 0. The molecule has 0 aromatic carbocycles. The van der Waals surface area contributed by atoms with E-state index in [1.807, 2.05) is 6.08 Å². The van der Waals surface area contributed by atoms with E-state index < -0.39 is 86.8 Å². The molecule has 14 nitrogen and oxygen atoms in total. The summed E-state index contributed by atoms with van der Waals surface area (Å²) in [6.07, 6.45) is 52.7. The number of allylic oxidation sites excluding steroid dienone is 1. The van der Waals surface area contributed by atoms with Crippen LogP contribution in [0.3, 0.4) is 0 Å². The molecular weight excluding hydrogens is 1070 g/mol. The molecule has 0 aliphatic carbocycles. The average molecular weight is 1210 g/mol. The van der Waals surface area contributed by atoms with Crippen molar-refractivity contribution >= 4 is 5.91 Å². The number of carbonyl (C=O) groups is 1. The molecule has 2 fully saturated rings. The highest BCUT2D eigenvalue weighted by Crippen LogP contribution is 2.30. The standard InChI is InChI=1S/C71H137NO13/c1-3-5-7-9-11-13-15-17-19-21-23-25-27-28-29-30-31-32-33-34-36-38-40-42-44-46-48-50-52-54-60(75)59(58-82-70-68(81)66(79)69(62(57-74)84-70)85-71-67(80)65(78)64(77)61(56-73)83-71)72-63(76)55-53-51-49-47-45-43-41-39-37-35-26-24-22-20-18-16-14-12-10-8-6-4-2/h52,54,59-62,64-71,73-75,77-81H,3-51,53,55-58H2,1-2H3,(H,72,76)/b54-52+. The van der Waals surface area contributed by atoms with E-state index in [0.717, 1.165) is 38.5 Å². The third kappa shape index (κ3) is 41.0. The van der Waals surface area contributed by atoms with Crippen LogP contribution in [0.5, 0.6) is 0 Å². The van der Waals surface area contributed by atoms with Gasteiger partial charge >= 0.3 is 0 Å². The van der Waals surface area contributed by atoms with E-state index in [2.05, 4.69) is 19.2 Å². The number of unbranched alkanes of at least 4 members (excludes halogenated alkanes) is 48. The van der Waals surface area contributed by atoms with Gasteiger partial charge in [-0.3, -0.25) is 4.79 Å². The molecule has 12 atom stereocenters. The van der Waals surface area contributed by atoms with Crippen LogP contribution in [0.4, 0.5) is 0 Å².